The molecular formula is C61H49NO. The zero-order valence-corrected chi connectivity index (χ0v) is 35.5. The predicted octanol–water partition coefficient (Wildman–Crippen LogP) is 17.3. The summed E-state index contributed by atoms with van der Waals surface area (Å²) in [5.41, 5.74) is 13.3. The van der Waals surface area contributed by atoms with Gasteiger partial charge in [-0.2, -0.15) is 0 Å². The highest BCUT2D eigenvalue weighted by Gasteiger charge is 2.36. The van der Waals surface area contributed by atoms with Crippen LogP contribution in [0.15, 0.2) is 211 Å². The number of para-hydroxylation sites is 1. The molecule has 1 heterocycles. The van der Waals surface area contributed by atoms with Gasteiger partial charge in [-0.3, -0.25) is 0 Å². The molecule has 0 atom stereocenters. The lowest BCUT2D eigenvalue weighted by molar-refractivity contribution is 0.590. The third kappa shape index (κ3) is 6.65. The van der Waals surface area contributed by atoms with Crippen LogP contribution in [0.4, 0.5) is 17.1 Å². The molecule has 2 nitrogen and oxygen atoms in total. The fourth-order valence-electron chi connectivity index (χ4n) is 9.44. The van der Waals surface area contributed by atoms with Gasteiger partial charge >= 0.3 is 0 Å². The first kappa shape index (κ1) is 32.3. The number of anilines is 3. The van der Waals surface area contributed by atoms with E-state index in [1.807, 2.05) is 60.7 Å². The van der Waals surface area contributed by atoms with Gasteiger partial charge in [-0.1, -0.05) is 192 Å². The molecule has 9 aromatic carbocycles. The zero-order chi connectivity index (χ0) is 47.9. The summed E-state index contributed by atoms with van der Waals surface area (Å²) >= 11 is 0. The van der Waals surface area contributed by atoms with Gasteiger partial charge in [-0.05, 0) is 121 Å². The van der Waals surface area contributed by atoms with Crippen molar-refractivity contribution in [2.75, 3.05) is 4.90 Å². The minimum absolute atomic E-state index is 0.0211. The summed E-state index contributed by atoms with van der Waals surface area (Å²) in [5, 5.41) is 2.14. The van der Waals surface area contributed by atoms with Crippen molar-refractivity contribution in [1.82, 2.24) is 0 Å². The number of hydrogen-bond acceptors (Lipinski definition) is 2. The summed E-state index contributed by atoms with van der Waals surface area (Å²) in [4.78, 5) is 2.30. The lowest BCUT2D eigenvalue weighted by Crippen LogP contribution is -2.14. The van der Waals surface area contributed by atoms with Crippen molar-refractivity contribution in [3.05, 3.63) is 223 Å². The third-order valence-corrected chi connectivity index (χ3v) is 12.7. The second-order valence-electron chi connectivity index (χ2n) is 17.7. The van der Waals surface area contributed by atoms with E-state index in [1.54, 1.807) is 24.3 Å². The van der Waals surface area contributed by atoms with Crippen LogP contribution in [0.1, 0.15) is 59.4 Å². The van der Waals surface area contributed by atoms with Crippen LogP contribution < -0.4 is 4.90 Å². The lowest BCUT2D eigenvalue weighted by atomic mass is 9.82. The Kier molecular flexibility index (Phi) is 7.64. The first-order valence-electron chi connectivity index (χ1n) is 24.6. The molecule has 0 N–H and O–H groups in total. The van der Waals surface area contributed by atoms with E-state index in [2.05, 4.69) is 147 Å². The van der Waals surface area contributed by atoms with Gasteiger partial charge in [0.15, 0.2) is 0 Å². The molecule has 63 heavy (non-hydrogen) atoms. The van der Waals surface area contributed by atoms with Crippen molar-refractivity contribution >= 4 is 39.0 Å². The van der Waals surface area contributed by atoms with Gasteiger partial charge in [0.25, 0.3) is 0 Å². The summed E-state index contributed by atoms with van der Waals surface area (Å²) in [6.07, 6.45) is 0. The van der Waals surface area contributed by atoms with Gasteiger partial charge in [0.2, 0.25) is 0 Å². The van der Waals surface area contributed by atoms with E-state index in [-0.39, 0.29) is 11.0 Å². The molecule has 0 spiro atoms. The maximum atomic E-state index is 8.86. The number of fused-ring (bicyclic) bond motifs is 6. The van der Waals surface area contributed by atoms with Gasteiger partial charge in [-0.25, -0.2) is 0 Å². The fraction of sp³-hybridized carbons (Fsp3) is 0.115. The average molecular weight is 818 g/mol. The molecule has 1 aliphatic rings. The molecule has 0 radical (unpaired) electrons. The number of nitrogens with zero attached hydrogens (tertiary/aromatic N) is 1. The molecule has 0 aliphatic heterocycles. The van der Waals surface area contributed by atoms with Gasteiger partial charge in [-0.15, -0.1) is 0 Å². The topological polar surface area (TPSA) is 16.4 Å². The minimum Gasteiger partial charge on any atom is -0.456 e. The Morgan fingerprint density at radius 3 is 1.86 bits per heavy atom. The predicted molar refractivity (Wildman–Crippen MR) is 266 cm³/mol. The highest BCUT2D eigenvalue weighted by atomic mass is 16.3. The van der Waals surface area contributed by atoms with E-state index in [1.165, 1.54) is 5.56 Å². The molecule has 1 aliphatic carbocycles. The first-order chi connectivity index (χ1) is 33.1. The van der Waals surface area contributed by atoms with Crippen LogP contribution in [0.25, 0.3) is 77.6 Å². The van der Waals surface area contributed by atoms with Gasteiger partial charge < -0.3 is 9.32 Å². The molecule has 1 aromatic heterocycles. The average Bonchev–Trinajstić information content (AvgIpc) is 3.89. The lowest BCUT2D eigenvalue weighted by Gasteiger charge is -2.29. The number of hydrogen-bond donors (Lipinski definition) is 0. The molecule has 2 heteroatoms. The van der Waals surface area contributed by atoms with E-state index in [0.717, 1.165) is 83.5 Å². The van der Waals surface area contributed by atoms with Gasteiger partial charge in [0, 0.05) is 41.4 Å². The summed E-state index contributed by atoms with van der Waals surface area (Å²) in [6.45, 7) is 0.938. The summed E-state index contributed by atoms with van der Waals surface area (Å²) < 4.78 is 59.3. The number of rotatable bonds is 7. The molecule has 0 saturated carbocycles. The van der Waals surface area contributed by atoms with Crippen LogP contribution in [0.5, 0.6) is 0 Å². The highest BCUT2D eigenvalue weighted by molar-refractivity contribution is 6.06. The molecule has 0 saturated heterocycles. The molecular weight excluding hydrogens is 763 g/mol. The van der Waals surface area contributed by atoms with Crippen molar-refractivity contribution < 1.29 is 12.6 Å². The van der Waals surface area contributed by atoms with E-state index >= 15 is 0 Å². The molecule has 0 unspecified atom stereocenters. The Balaban J connectivity index is 1.12. The fourth-order valence-corrected chi connectivity index (χ4v) is 9.44. The van der Waals surface area contributed by atoms with Crippen LogP contribution >= 0.6 is 0 Å². The van der Waals surface area contributed by atoms with Crippen LogP contribution in [-0.2, 0) is 10.8 Å². The summed E-state index contributed by atoms with van der Waals surface area (Å²) in [7, 11) is 0. The molecule has 0 fully saturated rings. The standard InChI is InChI=1S/C61H49NO/c1-60(2,3)46-31-25-42(26-32-46)49-35-29-44(40-15-7-6-8-16-40)39-56(49)62(47-33-27-41(28-34-47)43-30-36-58-53(38-43)51-19-10-12-24-57(51)63-58)48-18-13-17-45(37-48)50-21-14-23-55-59(50)52-20-9-11-22-54(52)61(55,4)5/h6-39H,1-5H3/i4D3,5D3. The summed E-state index contributed by atoms with van der Waals surface area (Å²) in [6, 6.07) is 69.9. The normalized spacial score (nSPS) is 14.8. The van der Waals surface area contributed by atoms with Crippen molar-refractivity contribution in [1.29, 1.82) is 0 Å². The zero-order valence-electron chi connectivity index (χ0n) is 41.5. The summed E-state index contributed by atoms with van der Waals surface area (Å²) in [5.74, 6) is 0. The number of furan rings is 1. The van der Waals surface area contributed by atoms with Crippen molar-refractivity contribution in [2.24, 2.45) is 0 Å². The second-order valence-corrected chi connectivity index (χ2v) is 17.7. The monoisotopic (exact) mass is 817 g/mol. The largest absolute Gasteiger partial charge is 0.456 e. The smallest absolute Gasteiger partial charge is 0.135 e. The molecule has 0 bridgehead atoms. The van der Waals surface area contributed by atoms with Gasteiger partial charge in [0.1, 0.15) is 11.2 Å². The van der Waals surface area contributed by atoms with E-state index < -0.39 is 19.1 Å². The second kappa shape index (κ2) is 14.9. The quantitative estimate of drug-likeness (QED) is 0.159. The Labute approximate surface area is 379 Å². The highest BCUT2D eigenvalue weighted by Crippen LogP contribution is 2.53. The SMILES string of the molecule is [2H]C([2H])([2H])C1(C([2H])([2H])[2H])c2ccccc2-c2c(-c3cccc(N(c4ccc(-c5ccc6oc7ccccc7c6c5)cc4)c4cc(-c5ccccc5)ccc4-c4ccc(C(C)(C)C)cc4)c3)cccc21. The maximum Gasteiger partial charge on any atom is 0.135 e. The van der Waals surface area contributed by atoms with E-state index in [4.69, 9.17) is 12.6 Å². The van der Waals surface area contributed by atoms with E-state index in [0.29, 0.717) is 16.7 Å². The van der Waals surface area contributed by atoms with Crippen LogP contribution in [0, 0.1) is 0 Å². The Bertz CT molecular complexity index is 3550. The Hall–Kier alpha value is -7.42. The molecule has 304 valence electrons. The Morgan fingerprint density at radius 1 is 0.429 bits per heavy atom. The maximum absolute atomic E-state index is 8.86. The Morgan fingerprint density at radius 2 is 1.05 bits per heavy atom. The molecule has 10 aromatic rings. The van der Waals surface area contributed by atoms with Crippen LogP contribution in [0.3, 0.4) is 0 Å². The van der Waals surface area contributed by atoms with Gasteiger partial charge in [0.05, 0.1) is 5.69 Å². The van der Waals surface area contributed by atoms with E-state index in [9.17, 15) is 0 Å². The van der Waals surface area contributed by atoms with Crippen LogP contribution in [0.2, 0.25) is 0 Å². The molecule has 11 rings (SSSR count). The molecule has 0 amide bonds. The van der Waals surface area contributed by atoms with Crippen molar-refractivity contribution in [3.63, 3.8) is 0 Å². The van der Waals surface area contributed by atoms with Crippen LogP contribution in [-0.4, -0.2) is 0 Å². The number of benzene rings is 9. The minimum atomic E-state index is -2.87. The van der Waals surface area contributed by atoms with Crippen molar-refractivity contribution in [3.8, 4) is 55.6 Å². The first-order valence-corrected chi connectivity index (χ1v) is 21.6. The third-order valence-electron chi connectivity index (χ3n) is 12.7. The van der Waals surface area contributed by atoms with Crippen molar-refractivity contribution in [2.45, 2.75) is 45.3 Å².